The SMILES string of the molecule is CCOC(=O)C(O)c1ccc(OCc2ccccc2)c(C)c1. The lowest BCUT2D eigenvalue weighted by Gasteiger charge is -2.13. The van der Waals surface area contributed by atoms with Gasteiger partial charge in [-0.3, -0.25) is 0 Å². The number of carbonyl (C=O) groups excluding carboxylic acids is 1. The van der Waals surface area contributed by atoms with E-state index in [0.717, 1.165) is 16.9 Å². The minimum Gasteiger partial charge on any atom is -0.489 e. The van der Waals surface area contributed by atoms with E-state index < -0.39 is 12.1 Å². The molecule has 2 aromatic carbocycles. The molecule has 0 amide bonds. The number of ether oxygens (including phenoxy) is 2. The Hall–Kier alpha value is -2.33. The average molecular weight is 300 g/mol. The van der Waals surface area contributed by atoms with Crippen molar-refractivity contribution in [1.82, 2.24) is 0 Å². The van der Waals surface area contributed by atoms with Crippen LogP contribution < -0.4 is 4.74 Å². The van der Waals surface area contributed by atoms with E-state index >= 15 is 0 Å². The summed E-state index contributed by atoms with van der Waals surface area (Å²) in [5.74, 6) is 0.0866. The van der Waals surface area contributed by atoms with Crippen LogP contribution in [0.3, 0.4) is 0 Å². The summed E-state index contributed by atoms with van der Waals surface area (Å²) in [5.41, 5.74) is 2.44. The molecule has 0 aliphatic heterocycles. The second-order valence-corrected chi connectivity index (χ2v) is 4.95. The maximum absolute atomic E-state index is 11.5. The quantitative estimate of drug-likeness (QED) is 0.833. The fourth-order valence-electron chi connectivity index (χ4n) is 2.10. The summed E-state index contributed by atoms with van der Waals surface area (Å²) in [6.45, 7) is 4.30. The molecule has 116 valence electrons. The second-order valence-electron chi connectivity index (χ2n) is 4.95. The number of carbonyl (C=O) groups is 1. The third-order valence-electron chi connectivity index (χ3n) is 3.26. The molecule has 1 N–H and O–H groups in total. The summed E-state index contributed by atoms with van der Waals surface area (Å²) in [5, 5.41) is 9.93. The number of aryl methyl sites for hydroxylation is 1. The average Bonchev–Trinajstić information content (AvgIpc) is 2.54. The lowest BCUT2D eigenvalue weighted by Crippen LogP contribution is -2.15. The number of aliphatic hydroxyl groups excluding tert-OH is 1. The Morgan fingerprint density at radius 3 is 2.55 bits per heavy atom. The standard InChI is InChI=1S/C18H20O4/c1-3-21-18(20)17(19)15-9-10-16(13(2)11-15)22-12-14-7-5-4-6-8-14/h4-11,17,19H,3,12H2,1-2H3. The van der Waals surface area contributed by atoms with Gasteiger partial charge >= 0.3 is 5.97 Å². The van der Waals surface area contributed by atoms with Gasteiger partial charge in [-0.25, -0.2) is 4.79 Å². The Bertz CT molecular complexity index is 622. The van der Waals surface area contributed by atoms with Crippen molar-refractivity contribution in [3.63, 3.8) is 0 Å². The molecule has 0 bridgehead atoms. The molecule has 22 heavy (non-hydrogen) atoms. The number of benzene rings is 2. The lowest BCUT2D eigenvalue weighted by molar-refractivity contribution is -0.153. The Morgan fingerprint density at radius 2 is 1.91 bits per heavy atom. The Balaban J connectivity index is 2.05. The Labute approximate surface area is 130 Å². The van der Waals surface area contributed by atoms with Gasteiger partial charge in [0, 0.05) is 0 Å². The van der Waals surface area contributed by atoms with Gasteiger partial charge in [0.1, 0.15) is 12.4 Å². The minimum absolute atomic E-state index is 0.243. The van der Waals surface area contributed by atoms with Crippen LogP contribution in [0.25, 0.3) is 0 Å². The molecule has 0 aromatic heterocycles. The van der Waals surface area contributed by atoms with Crippen LogP contribution >= 0.6 is 0 Å². The van der Waals surface area contributed by atoms with Gasteiger partial charge in [0.2, 0.25) is 0 Å². The first-order valence-corrected chi connectivity index (χ1v) is 7.23. The van der Waals surface area contributed by atoms with Gasteiger partial charge in [-0.2, -0.15) is 0 Å². The van der Waals surface area contributed by atoms with Gasteiger partial charge in [0.05, 0.1) is 6.61 Å². The molecule has 0 heterocycles. The molecule has 0 saturated heterocycles. The van der Waals surface area contributed by atoms with Crippen molar-refractivity contribution in [3.05, 3.63) is 65.2 Å². The number of aliphatic hydroxyl groups is 1. The normalized spacial score (nSPS) is 11.8. The van der Waals surface area contributed by atoms with E-state index in [1.54, 1.807) is 25.1 Å². The molecule has 1 unspecified atom stereocenters. The monoisotopic (exact) mass is 300 g/mol. The van der Waals surface area contributed by atoms with Crippen molar-refractivity contribution in [1.29, 1.82) is 0 Å². The van der Waals surface area contributed by atoms with E-state index in [2.05, 4.69) is 0 Å². The van der Waals surface area contributed by atoms with Crippen LogP contribution in [-0.2, 0) is 16.1 Å². The molecule has 0 fully saturated rings. The molecule has 2 aromatic rings. The maximum Gasteiger partial charge on any atom is 0.339 e. The third kappa shape index (κ3) is 4.09. The van der Waals surface area contributed by atoms with Crippen molar-refractivity contribution in [2.75, 3.05) is 6.61 Å². The molecular formula is C18H20O4. The molecule has 4 heteroatoms. The fraction of sp³-hybridized carbons (Fsp3) is 0.278. The second kappa shape index (κ2) is 7.61. The predicted octanol–water partition coefficient (Wildman–Crippen LogP) is 3.17. The van der Waals surface area contributed by atoms with Crippen molar-refractivity contribution in [2.45, 2.75) is 26.6 Å². The van der Waals surface area contributed by atoms with E-state index in [0.29, 0.717) is 12.2 Å². The van der Waals surface area contributed by atoms with Crippen molar-refractivity contribution in [2.24, 2.45) is 0 Å². The fourth-order valence-corrected chi connectivity index (χ4v) is 2.10. The number of hydrogen-bond acceptors (Lipinski definition) is 4. The van der Waals surface area contributed by atoms with E-state index in [4.69, 9.17) is 9.47 Å². The van der Waals surface area contributed by atoms with Gasteiger partial charge in [-0.15, -0.1) is 0 Å². The van der Waals surface area contributed by atoms with Crippen molar-refractivity contribution < 1.29 is 19.4 Å². The van der Waals surface area contributed by atoms with E-state index in [1.807, 2.05) is 37.3 Å². The summed E-state index contributed by atoms with van der Waals surface area (Å²) in [6.07, 6.45) is -1.26. The van der Waals surface area contributed by atoms with E-state index in [-0.39, 0.29) is 6.61 Å². The van der Waals surface area contributed by atoms with Crippen LogP contribution in [0.15, 0.2) is 48.5 Å². The summed E-state index contributed by atoms with van der Waals surface area (Å²) in [7, 11) is 0. The van der Waals surface area contributed by atoms with Gasteiger partial charge in [0.15, 0.2) is 6.10 Å². The van der Waals surface area contributed by atoms with Crippen LogP contribution in [0.1, 0.15) is 29.7 Å². The largest absolute Gasteiger partial charge is 0.489 e. The van der Waals surface area contributed by atoms with Crippen LogP contribution in [0, 0.1) is 6.92 Å². The Kier molecular flexibility index (Phi) is 5.55. The number of hydrogen-bond donors (Lipinski definition) is 1. The van der Waals surface area contributed by atoms with Crippen LogP contribution in [0.2, 0.25) is 0 Å². The highest BCUT2D eigenvalue weighted by atomic mass is 16.5. The molecule has 0 spiro atoms. The molecule has 1 atom stereocenters. The third-order valence-corrected chi connectivity index (χ3v) is 3.26. The lowest BCUT2D eigenvalue weighted by atomic mass is 10.1. The van der Waals surface area contributed by atoms with Crippen molar-refractivity contribution in [3.8, 4) is 5.75 Å². The highest BCUT2D eigenvalue weighted by Gasteiger charge is 2.19. The number of rotatable bonds is 6. The van der Waals surface area contributed by atoms with Crippen LogP contribution in [0.4, 0.5) is 0 Å². The molecule has 2 rings (SSSR count). The first-order valence-electron chi connectivity index (χ1n) is 7.23. The number of esters is 1. The summed E-state index contributed by atoms with van der Waals surface area (Å²) >= 11 is 0. The van der Waals surface area contributed by atoms with Gasteiger partial charge in [0.25, 0.3) is 0 Å². The summed E-state index contributed by atoms with van der Waals surface area (Å²) in [4.78, 5) is 11.5. The van der Waals surface area contributed by atoms with Gasteiger partial charge in [-0.1, -0.05) is 36.4 Å². The molecule has 4 nitrogen and oxygen atoms in total. The zero-order valence-corrected chi connectivity index (χ0v) is 12.8. The highest BCUT2D eigenvalue weighted by Crippen LogP contribution is 2.24. The topological polar surface area (TPSA) is 55.8 Å². The maximum atomic E-state index is 11.5. The van der Waals surface area contributed by atoms with Crippen LogP contribution in [0.5, 0.6) is 5.75 Å². The zero-order chi connectivity index (χ0) is 15.9. The van der Waals surface area contributed by atoms with Crippen molar-refractivity contribution >= 4 is 5.97 Å². The molecular weight excluding hydrogens is 280 g/mol. The first kappa shape index (κ1) is 16.0. The zero-order valence-electron chi connectivity index (χ0n) is 12.8. The molecule has 0 aliphatic rings. The highest BCUT2D eigenvalue weighted by molar-refractivity contribution is 5.76. The summed E-state index contributed by atoms with van der Waals surface area (Å²) in [6, 6.07) is 15.0. The van der Waals surface area contributed by atoms with Gasteiger partial charge in [-0.05, 0) is 42.7 Å². The molecule has 0 saturated carbocycles. The van der Waals surface area contributed by atoms with E-state index in [1.165, 1.54) is 0 Å². The first-order chi connectivity index (χ1) is 10.6. The van der Waals surface area contributed by atoms with Gasteiger partial charge < -0.3 is 14.6 Å². The van der Waals surface area contributed by atoms with Crippen LogP contribution in [-0.4, -0.2) is 17.7 Å². The Morgan fingerprint density at radius 1 is 1.18 bits per heavy atom. The molecule has 0 aliphatic carbocycles. The minimum atomic E-state index is -1.26. The predicted molar refractivity (Wildman–Crippen MR) is 83.5 cm³/mol. The summed E-state index contributed by atoms with van der Waals surface area (Å²) < 4.78 is 10.6. The smallest absolute Gasteiger partial charge is 0.339 e. The van der Waals surface area contributed by atoms with E-state index in [9.17, 15) is 9.90 Å². The molecule has 0 radical (unpaired) electrons.